The third-order valence-electron chi connectivity index (χ3n) is 4.85. The molecule has 1 aromatic carbocycles. The first-order valence-corrected chi connectivity index (χ1v) is 9.72. The summed E-state index contributed by atoms with van der Waals surface area (Å²) in [6, 6.07) is 8.40. The molecule has 0 aliphatic carbocycles. The SMILES string of the molecule is CC(C)C(=O)[C@H](CN)NC(=O)[C@@H](CC(=O)C(CCN)c1ccccc1)C(C)O. The van der Waals surface area contributed by atoms with Crippen LogP contribution in [0, 0.1) is 11.8 Å². The molecule has 0 bridgehead atoms. The second kappa shape index (κ2) is 11.7. The van der Waals surface area contributed by atoms with Crippen LogP contribution in [0.2, 0.25) is 0 Å². The lowest BCUT2D eigenvalue weighted by Crippen LogP contribution is -2.51. The van der Waals surface area contributed by atoms with Crippen LogP contribution in [0.5, 0.6) is 0 Å². The fourth-order valence-corrected chi connectivity index (χ4v) is 3.13. The summed E-state index contributed by atoms with van der Waals surface area (Å²) in [6.07, 6.45) is -0.740. The summed E-state index contributed by atoms with van der Waals surface area (Å²) < 4.78 is 0. The molecule has 1 rings (SSSR count). The highest BCUT2D eigenvalue weighted by Gasteiger charge is 2.32. The van der Waals surface area contributed by atoms with Crippen LogP contribution in [0.3, 0.4) is 0 Å². The highest BCUT2D eigenvalue weighted by Crippen LogP contribution is 2.24. The zero-order chi connectivity index (χ0) is 21.3. The fraction of sp³-hybridized carbons (Fsp3) is 0.571. The van der Waals surface area contributed by atoms with Crippen molar-refractivity contribution in [1.82, 2.24) is 5.32 Å². The first kappa shape index (κ1) is 23.9. The number of amides is 1. The van der Waals surface area contributed by atoms with Gasteiger partial charge in [-0.15, -0.1) is 0 Å². The molecule has 0 aliphatic heterocycles. The van der Waals surface area contributed by atoms with E-state index in [1.165, 1.54) is 6.92 Å². The zero-order valence-corrected chi connectivity index (χ0v) is 16.9. The van der Waals surface area contributed by atoms with Crippen molar-refractivity contribution in [3.8, 4) is 0 Å². The van der Waals surface area contributed by atoms with E-state index in [1.807, 2.05) is 30.3 Å². The summed E-state index contributed by atoms with van der Waals surface area (Å²) in [5, 5.41) is 12.7. The monoisotopic (exact) mass is 391 g/mol. The quantitative estimate of drug-likeness (QED) is 0.415. The van der Waals surface area contributed by atoms with Gasteiger partial charge in [-0.3, -0.25) is 14.4 Å². The van der Waals surface area contributed by atoms with Crippen LogP contribution in [-0.2, 0) is 14.4 Å². The Kier molecular flexibility index (Phi) is 9.99. The molecule has 0 spiro atoms. The summed E-state index contributed by atoms with van der Waals surface area (Å²) in [5.41, 5.74) is 12.1. The van der Waals surface area contributed by atoms with E-state index >= 15 is 0 Å². The maximum atomic E-state index is 12.9. The van der Waals surface area contributed by atoms with Crippen LogP contribution in [-0.4, -0.2) is 47.8 Å². The molecule has 1 aromatic rings. The molecule has 7 nitrogen and oxygen atoms in total. The van der Waals surface area contributed by atoms with Gasteiger partial charge in [-0.05, 0) is 25.5 Å². The Morgan fingerprint density at radius 2 is 1.68 bits per heavy atom. The number of aliphatic hydroxyl groups excluding tert-OH is 1. The minimum Gasteiger partial charge on any atom is -0.393 e. The molecule has 4 atom stereocenters. The summed E-state index contributed by atoms with van der Waals surface area (Å²) in [4.78, 5) is 37.8. The van der Waals surface area contributed by atoms with Crippen LogP contribution in [0.1, 0.15) is 45.1 Å². The molecule has 6 N–H and O–H groups in total. The number of ketones is 2. The maximum Gasteiger partial charge on any atom is 0.226 e. The number of hydrogen-bond donors (Lipinski definition) is 4. The average molecular weight is 392 g/mol. The largest absolute Gasteiger partial charge is 0.393 e. The van der Waals surface area contributed by atoms with E-state index in [-0.39, 0.29) is 30.4 Å². The van der Waals surface area contributed by atoms with E-state index < -0.39 is 29.9 Å². The van der Waals surface area contributed by atoms with Crippen molar-refractivity contribution in [3.63, 3.8) is 0 Å². The minimum absolute atomic E-state index is 0.0386. The van der Waals surface area contributed by atoms with Crippen molar-refractivity contribution in [3.05, 3.63) is 35.9 Å². The van der Waals surface area contributed by atoms with Gasteiger partial charge in [0.15, 0.2) is 5.78 Å². The van der Waals surface area contributed by atoms with Gasteiger partial charge in [0.05, 0.1) is 18.1 Å². The number of aliphatic hydroxyl groups is 1. The number of carbonyl (C=O) groups excluding carboxylic acids is 3. The van der Waals surface area contributed by atoms with E-state index in [2.05, 4.69) is 5.32 Å². The molecule has 2 unspecified atom stereocenters. The molecule has 7 heteroatoms. The van der Waals surface area contributed by atoms with Crippen molar-refractivity contribution in [2.45, 2.75) is 51.7 Å². The van der Waals surface area contributed by atoms with Gasteiger partial charge in [0.25, 0.3) is 0 Å². The smallest absolute Gasteiger partial charge is 0.226 e. The van der Waals surface area contributed by atoms with Crippen LogP contribution in [0.4, 0.5) is 0 Å². The molecule has 28 heavy (non-hydrogen) atoms. The standard InChI is InChI=1S/C21H33N3O4/c1-13(2)20(27)18(12-23)24-21(28)17(14(3)25)11-19(26)16(9-10-22)15-7-5-4-6-8-15/h4-8,13-14,16-18,25H,9-12,22-23H2,1-3H3,(H,24,28)/t14?,16?,17-,18-/m0/s1. The highest BCUT2D eigenvalue weighted by atomic mass is 16.3. The number of nitrogens with one attached hydrogen (secondary N) is 1. The number of benzene rings is 1. The molecule has 0 aromatic heterocycles. The van der Waals surface area contributed by atoms with Crippen LogP contribution in [0.15, 0.2) is 30.3 Å². The van der Waals surface area contributed by atoms with Crippen molar-refractivity contribution in [2.75, 3.05) is 13.1 Å². The van der Waals surface area contributed by atoms with E-state index in [1.54, 1.807) is 13.8 Å². The molecule has 0 heterocycles. The van der Waals surface area contributed by atoms with Gasteiger partial charge in [0.1, 0.15) is 5.78 Å². The number of nitrogens with two attached hydrogens (primary N) is 2. The van der Waals surface area contributed by atoms with Crippen molar-refractivity contribution < 1.29 is 19.5 Å². The first-order valence-electron chi connectivity index (χ1n) is 9.72. The Bertz CT molecular complexity index is 646. The molecule has 0 radical (unpaired) electrons. The second-order valence-electron chi connectivity index (χ2n) is 7.41. The molecular formula is C21H33N3O4. The van der Waals surface area contributed by atoms with Gasteiger partial charge in [-0.25, -0.2) is 0 Å². The average Bonchev–Trinajstić information content (AvgIpc) is 2.67. The Morgan fingerprint density at radius 3 is 2.14 bits per heavy atom. The topological polar surface area (TPSA) is 136 Å². The summed E-state index contributed by atoms with van der Waals surface area (Å²) in [7, 11) is 0. The van der Waals surface area contributed by atoms with Gasteiger partial charge in [0.2, 0.25) is 5.91 Å². The van der Waals surface area contributed by atoms with Crippen LogP contribution in [0.25, 0.3) is 0 Å². The molecule has 156 valence electrons. The van der Waals surface area contributed by atoms with Crippen molar-refractivity contribution >= 4 is 17.5 Å². The van der Waals surface area contributed by atoms with Gasteiger partial charge < -0.3 is 21.9 Å². The van der Waals surface area contributed by atoms with Gasteiger partial charge in [-0.2, -0.15) is 0 Å². The maximum absolute atomic E-state index is 12.9. The molecule has 0 saturated heterocycles. The highest BCUT2D eigenvalue weighted by molar-refractivity contribution is 5.94. The van der Waals surface area contributed by atoms with E-state index in [9.17, 15) is 19.5 Å². The second-order valence-corrected chi connectivity index (χ2v) is 7.41. The Morgan fingerprint density at radius 1 is 1.07 bits per heavy atom. The van der Waals surface area contributed by atoms with E-state index in [0.717, 1.165) is 5.56 Å². The first-order chi connectivity index (χ1) is 13.2. The minimum atomic E-state index is -1.05. The lowest BCUT2D eigenvalue weighted by molar-refractivity contribution is -0.136. The van der Waals surface area contributed by atoms with Crippen LogP contribution < -0.4 is 16.8 Å². The predicted molar refractivity (Wildman–Crippen MR) is 108 cm³/mol. The van der Waals surface area contributed by atoms with Crippen LogP contribution >= 0.6 is 0 Å². The van der Waals surface area contributed by atoms with Crippen molar-refractivity contribution in [2.24, 2.45) is 23.3 Å². The molecule has 1 amide bonds. The molecule has 0 aliphatic rings. The Hall–Kier alpha value is -2.09. The van der Waals surface area contributed by atoms with E-state index in [0.29, 0.717) is 13.0 Å². The lowest BCUT2D eigenvalue weighted by atomic mass is 9.85. The molecule has 0 saturated carbocycles. The normalized spacial score (nSPS) is 15.5. The summed E-state index contributed by atoms with van der Waals surface area (Å²) in [5.74, 6) is -2.60. The van der Waals surface area contributed by atoms with Gasteiger partial charge >= 0.3 is 0 Å². The molecule has 0 fully saturated rings. The third kappa shape index (κ3) is 6.82. The Labute approximate surface area is 166 Å². The van der Waals surface area contributed by atoms with Gasteiger partial charge in [0, 0.05) is 24.8 Å². The summed E-state index contributed by atoms with van der Waals surface area (Å²) in [6.45, 7) is 5.20. The summed E-state index contributed by atoms with van der Waals surface area (Å²) >= 11 is 0. The fourth-order valence-electron chi connectivity index (χ4n) is 3.13. The number of carbonyl (C=O) groups is 3. The van der Waals surface area contributed by atoms with Gasteiger partial charge in [-0.1, -0.05) is 44.2 Å². The van der Waals surface area contributed by atoms with Crippen molar-refractivity contribution in [1.29, 1.82) is 0 Å². The third-order valence-corrected chi connectivity index (χ3v) is 4.85. The predicted octanol–water partition coefficient (Wildman–Crippen LogP) is 0.744. The Balaban J connectivity index is 2.94. The molecular weight excluding hydrogens is 358 g/mol. The zero-order valence-electron chi connectivity index (χ0n) is 16.9. The number of rotatable bonds is 12. The number of Topliss-reactive ketones (excluding diaryl/α,β-unsaturated/α-hetero) is 2. The number of hydrogen-bond acceptors (Lipinski definition) is 6. The van der Waals surface area contributed by atoms with E-state index in [4.69, 9.17) is 11.5 Å². The lowest BCUT2D eigenvalue weighted by Gasteiger charge is -2.25.